The highest BCUT2D eigenvalue weighted by Gasteiger charge is 2.14. The molecule has 0 unspecified atom stereocenters. The van der Waals surface area contributed by atoms with E-state index in [2.05, 4.69) is 32.3 Å². The number of aryl methyl sites for hydroxylation is 1. The Morgan fingerprint density at radius 2 is 2.09 bits per heavy atom. The number of rotatable bonds is 5. The molecule has 0 aliphatic rings. The highest BCUT2D eigenvalue weighted by atomic mass is 19.1. The molecule has 1 aromatic carbocycles. The topological polar surface area (TPSA) is 79.5 Å². The van der Waals surface area contributed by atoms with Crippen molar-refractivity contribution in [2.45, 2.75) is 26.9 Å². The number of benzene rings is 1. The smallest absolute Gasteiger partial charge is 0.202 e. The molecule has 0 saturated carbocycles. The fourth-order valence-electron chi connectivity index (χ4n) is 2.17. The largest absolute Gasteiger partial charge is 0.486 e. The molecule has 6 nitrogen and oxygen atoms in total. The number of aromatic amines is 2. The first-order chi connectivity index (χ1) is 10.7. The van der Waals surface area contributed by atoms with E-state index in [1.165, 1.54) is 12.1 Å². The number of halogens is 1. The molecule has 0 fully saturated rings. The van der Waals surface area contributed by atoms with Crippen LogP contribution in [0.25, 0.3) is 11.5 Å². The summed E-state index contributed by atoms with van der Waals surface area (Å²) in [5.41, 5.74) is 2.83. The summed E-state index contributed by atoms with van der Waals surface area (Å²) >= 11 is 0. The third-order valence-corrected chi connectivity index (χ3v) is 3.38. The van der Waals surface area contributed by atoms with Gasteiger partial charge in [0.05, 0.1) is 0 Å². The van der Waals surface area contributed by atoms with Crippen LogP contribution in [0.2, 0.25) is 0 Å². The van der Waals surface area contributed by atoms with E-state index in [-0.39, 0.29) is 12.4 Å². The van der Waals surface area contributed by atoms with Gasteiger partial charge in [-0.25, -0.2) is 9.37 Å². The predicted molar refractivity (Wildman–Crippen MR) is 78.8 cm³/mol. The summed E-state index contributed by atoms with van der Waals surface area (Å²) in [6, 6.07) is 5.97. The Balaban J connectivity index is 1.72. The van der Waals surface area contributed by atoms with Gasteiger partial charge in [-0.3, -0.25) is 10.2 Å². The molecular weight excluding hydrogens is 285 g/mol. The van der Waals surface area contributed by atoms with Gasteiger partial charge in [0.1, 0.15) is 23.9 Å². The van der Waals surface area contributed by atoms with Gasteiger partial charge in [0.2, 0.25) is 5.82 Å². The molecule has 0 spiro atoms. The summed E-state index contributed by atoms with van der Waals surface area (Å²) < 4.78 is 18.5. The molecule has 0 aliphatic heterocycles. The fourth-order valence-corrected chi connectivity index (χ4v) is 2.17. The Bertz CT molecular complexity index is 780. The minimum Gasteiger partial charge on any atom is -0.486 e. The summed E-state index contributed by atoms with van der Waals surface area (Å²) in [4.78, 5) is 4.36. The lowest BCUT2D eigenvalue weighted by Crippen LogP contribution is -1.98. The molecule has 22 heavy (non-hydrogen) atoms. The van der Waals surface area contributed by atoms with Gasteiger partial charge < -0.3 is 4.74 Å². The van der Waals surface area contributed by atoms with Gasteiger partial charge in [-0.1, -0.05) is 13.0 Å². The number of nitrogens with one attached hydrogen (secondary N) is 2. The maximum atomic E-state index is 13.1. The van der Waals surface area contributed by atoms with Crippen molar-refractivity contribution in [2.75, 3.05) is 0 Å². The molecule has 2 N–H and O–H groups in total. The maximum Gasteiger partial charge on any atom is 0.202 e. The molecule has 2 heterocycles. The van der Waals surface area contributed by atoms with Gasteiger partial charge in [-0.05, 0) is 25.5 Å². The second-order valence-corrected chi connectivity index (χ2v) is 4.88. The Morgan fingerprint density at radius 1 is 1.23 bits per heavy atom. The first-order valence-corrected chi connectivity index (χ1v) is 7.01. The van der Waals surface area contributed by atoms with Crippen LogP contribution in [0.15, 0.2) is 24.3 Å². The van der Waals surface area contributed by atoms with E-state index >= 15 is 0 Å². The van der Waals surface area contributed by atoms with Gasteiger partial charge in [0, 0.05) is 17.3 Å². The maximum absolute atomic E-state index is 13.1. The summed E-state index contributed by atoms with van der Waals surface area (Å²) in [5, 5.41) is 14.2. The lowest BCUT2D eigenvalue weighted by molar-refractivity contribution is 0.295. The summed E-state index contributed by atoms with van der Waals surface area (Å²) in [6.45, 7) is 4.22. The van der Waals surface area contributed by atoms with Crippen molar-refractivity contribution < 1.29 is 9.13 Å². The van der Waals surface area contributed by atoms with E-state index in [9.17, 15) is 4.39 Å². The highest BCUT2D eigenvalue weighted by Crippen LogP contribution is 2.20. The summed E-state index contributed by atoms with van der Waals surface area (Å²) in [5.74, 6) is 1.18. The summed E-state index contributed by atoms with van der Waals surface area (Å²) in [7, 11) is 0. The van der Waals surface area contributed by atoms with E-state index in [0.29, 0.717) is 17.4 Å². The van der Waals surface area contributed by atoms with Crippen molar-refractivity contribution in [3.05, 3.63) is 47.2 Å². The van der Waals surface area contributed by atoms with Crippen LogP contribution in [0.3, 0.4) is 0 Å². The van der Waals surface area contributed by atoms with Crippen molar-refractivity contribution in [1.29, 1.82) is 0 Å². The summed E-state index contributed by atoms with van der Waals surface area (Å²) in [6.07, 6.45) is 0.874. The van der Waals surface area contributed by atoms with Gasteiger partial charge in [0.25, 0.3) is 0 Å². The molecule has 2 aromatic heterocycles. The average molecular weight is 301 g/mol. The fraction of sp³-hybridized carbons (Fsp3) is 0.267. The van der Waals surface area contributed by atoms with Gasteiger partial charge in [-0.2, -0.15) is 10.2 Å². The molecule has 0 amide bonds. The van der Waals surface area contributed by atoms with Crippen LogP contribution >= 0.6 is 0 Å². The quantitative estimate of drug-likeness (QED) is 0.759. The van der Waals surface area contributed by atoms with Crippen molar-refractivity contribution in [3.63, 3.8) is 0 Å². The molecular formula is C15H16FN5O. The molecule has 0 saturated heterocycles. The predicted octanol–water partition coefficient (Wildman–Crippen LogP) is 2.78. The molecule has 0 aliphatic carbocycles. The zero-order chi connectivity index (χ0) is 15.5. The number of ether oxygens (including phenoxy) is 1. The van der Waals surface area contributed by atoms with Crippen molar-refractivity contribution in [1.82, 2.24) is 25.4 Å². The molecule has 3 rings (SSSR count). The standard InChI is InChI=1S/C15H16FN5O/c1-3-12-9(2)14(20-18-12)15-17-13(19-21-15)8-22-11-6-4-5-10(16)7-11/h4-7H,3,8H2,1-2H3,(H,18,20)(H,17,19,21). The second-order valence-electron chi connectivity index (χ2n) is 4.88. The third kappa shape index (κ3) is 2.83. The lowest BCUT2D eigenvalue weighted by Gasteiger charge is -2.02. The van der Waals surface area contributed by atoms with Crippen LogP contribution in [-0.2, 0) is 13.0 Å². The molecule has 0 bridgehead atoms. The number of hydrogen-bond acceptors (Lipinski definition) is 4. The van der Waals surface area contributed by atoms with Crippen molar-refractivity contribution >= 4 is 0 Å². The molecule has 114 valence electrons. The van der Waals surface area contributed by atoms with E-state index in [1.54, 1.807) is 12.1 Å². The number of H-pyrrole nitrogens is 2. The van der Waals surface area contributed by atoms with Crippen molar-refractivity contribution in [2.24, 2.45) is 0 Å². The van der Waals surface area contributed by atoms with E-state index in [4.69, 9.17) is 4.74 Å². The van der Waals surface area contributed by atoms with Crippen LogP contribution < -0.4 is 4.74 Å². The second kappa shape index (κ2) is 5.97. The van der Waals surface area contributed by atoms with Crippen LogP contribution in [0, 0.1) is 12.7 Å². The van der Waals surface area contributed by atoms with Gasteiger partial charge in [0.15, 0.2) is 5.82 Å². The van der Waals surface area contributed by atoms with Crippen LogP contribution in [0.4, 0.5) is 4.39 Å². The van der Waals surface area contributed by atoms with Crippen LogP contribution in [0.5, 0.6) is 5.75 Å². The van der Waals surface area contributed by atoms with Crippen molar-refractivity contribution in [3.8, 4) is 17.3 Å². The Kier molecular flexibility index (Phi) is 3.86. The molecule has 7 heteroatoms. The van der Waals surface area contributed by atoms with E-state index < -0.39 is 0 Å². The first kappa shape index (κ1) is 14.2. The van der Waals surface area contributed by atoms with Crippen LogP contribution in [0.1, 0.15) is 24.0 Å². The monoisotopic (exact) mass is 301 g/mol. The first-order valence-electron chi connectivity index (χ1n) is 7.01. The van der Waals surface area contributed by atoms with Gasteiger partial charge in [-0.15, -0.1) is 0 Å². The SMILES string of the molecule is CCc1[nH]nc(-c2n[nH]c(COc3cccc(F)c3)n2)c1C. The minimum absolute atomic E-state index is 0.181. The number of hydrogen-bond donors (Lipinski definition) is 2. The van der Waals surface area contributed by atoms with E-state index in [0.717, 1.165) is 23.4 Å². The number of aromatic nitrogens is 5. The lowest BCUT2D eigenvalue weighted by atomic mass is 10.1. The molecule has 3 aromatic rings. The van der Waals surface area contributed by atoms with Gasteiger partial charge >= 0.3 is 0 Å². The zero-order valence-corrected chi connectivity index (χ0v) is 12.4. The Morgan fingerprint density at radius 3 is 2.82 bits per heavy atom. The normalized spacial score (nSPS) is 10.9. The van der Waals surface area contributed by atoms with Crippen LogP contribution in [-0.4, -0.2) is 25.4 Å². The highest BCUT2D eigenvalue weighted by molar-refractivity contribution is 5.55. The molecule has 0 radical (unpaired) electrons. The Labute approximate surface area is 126 Å². The molecule has 0 atom stereocenters. The van der Waals surface area contributed by atoms with E-state index in [1.807, 2.05) is 6.92 Å². The Hall–Kier alpha value is -2.70. The zero-order valence-electron chi connectivity index (χ0n) is 12.4. The third-order valence-electron chi connectivity index (χ3n) is 3.38. The average Bonchev–Trinajstić information content (AvgIpc) is 3.11. The minimum atomic E-state index is -0.338. The number of nitrogens with zero attached hydrogens (tertiary/aromatic N) is 3.